The molecule has 0 aliphatic rings. The molecule has 2 atom stereocenters. The molecular weight excluding hydrogens is 186 g/mol. The Balaban J connectivity index is 2.99. The highest BCUT2D eigenvalue weighted by atomic mass is 16.3. The Hall–Kier alpha value is -0.860. The van der Waals surface area contributed by atoms with Crippen LogP contribution in [-0.4, -0.2) is 11.7 Å². The molecule has 0 aliphatic carbocycles. The molecule has 0 aromatic heterocycles. The van der Waals surface area contributed by atoms with E-state index in [-0.39, 0.29) is 5.92 Å². The highest BCUT2D eigenvalue weighted by Gasteiger charge is 2.19. The van der Waals surface area contributed by atoms with Gasteiger partial charge in [0, 0.05) is 5.92 Å². The van der Waals surface area contributed by atoms with Crippen LogP contribution in [-0.2, 0) is 0 Å². The van der Waals surface area contributed by atoms with Gasteiger partial charge in [0.1, 0.15) is 0 Å². The Morgan fingerprint density at radius 2 is 2.00 bits per heavy atom. The van der Waals surface area contributed by atoms with Crippen molar-refractivity contribution in [1.82, 2.24) is 0 Å². The molecule has 0 aliphatic heterocycles. The largest absolute Gasteiger partial charge is 0.388 e. The molecule has 0 saturated carbocycles. The number of hydrogen-bond donors (Lipinski definition) is 2. The molecule has 84 valence electrons. The third-order valence-corrected chi connectivity index (χ3v) is 3.24. The fourth-order valence-electron chi connectivity index (χ4n) is 1.87. The lowest BCUT2D eigenvalue weighted by molar-refractivity contribution is 0.109. The number of aliphatic hydroxyl groups excluding tert-OH is 1. The van der Waals surface area contributed by atoms with Crippen LogP contribution in [0.15, 0.2) is 18.2 Å². The topological polar surface area (TPSA) is 46.2 Å². The van der Waals surface area contributed by atoms with Gasteiger partial charge in [0.2, 0.25) is 0 Å². The van der Waals surface area contributed by atoms with Crippen LogP contribution in [0.3, 0.4) is 0 Å². The maximum absolute atomic E-state index is 10.2. The Labute approximate surface area is 92.1 Å². The average Bonchev–Trinajstić information content (AvgIpc) is 2.23. The molecule has 0 heterocycles. The van der Waals surface area contributed by atoms with Crippen molar-refractivity contribution in [3.8, 4) is 0 Å². The van der Waals surface area contributed by atoms with Gasteiger partial charge in [-0.15, -0.1) is 0 Å². The minimum atomic E-state index is -0.431. The summed E-state index contributed by atoms with van der Waals surface area (Å²) in [5, 5.41) is 10.2. The van der Waals surface area contributed by atoms with Crippen molar-refractivity contribution in [2.45, 2.75) is 33.3 Å². The van der Waals surface area contributed by atoms with E-state index in [1.165, 1.54) is 11.1 Å². The Kier molecular flexibility index (Phi) is 4.30. The Morgan fingerprint density at radius 1 is 1.33 bits per heavy atom. The second-order valence-corrected chi connectivity index (χ2v) is 4.14. The maximum atomic E-state index is 10.2. The van der Waals surface area contributed by atoms with Crippen molar-refractivity contribution in [2.75, 3.05) is 6.54 Å². The highest BCUT2D eigenvalue weighted by Crippen LogP contribution is 2.27. The van der Waals surface area contributed by atoms with Crippen LogP contribution in [0, 0.1) is 19.8 Å². The van der Waals surface area contributed by atoms with Gasteiger partial charge in [0.05, 0.1) is 6.10 Å². The van der Waals surface area contributed by atoms with Crippen molar-refractivity contribution in [2.24, 2.45) is 11.7 Å². The molecule has 2 unspecified atom stereocenters. The van der Waals surface area contributed by atoms with Gasteiger partial charge < -0.3 is 10.8 Å². The van der Waals surface area contributed by atoms with Gasteiger partial charge in [-0.3, -0.25) is 0 Å². The molecule has 2 nitrogen and oxygen atoms in total. The average molecular weight is 207 g/mol. The number of benzene rings is 1. The van der Waals surface area contributed by atoms with Crippen LogP contribution in [0.5, 0.6) is 0 Å². The van der Waals surface area contributed by atoms with E-state index >= 15 is 0 Å². The van der Waals surface area contributed by atoms with Crippen LogP contribution >= 0.6 is 0 Å². The molecule has 1 aromatic carbocycles. The first-order chi connectivity index (χ1) is 7.11. The van der Waals surface area contributed by atoms with Gasteiger partial charge in [-0.25, -0.2) is 0 Å². The third-order valence-electron chi connectivity index (χ3n) is 3.24. The summed E-state index contributed by atoms with van der Waals surface area (Å²) in [6.07, 6.45) is 0.477. The van der Waals surface area contributed by atoms with Gasteiger partial charge in [-0.1, -0.05) is 25.1 Å². The van der Waals surface area contributed by atoms with Crippen molar-refractivity contribution < 1.29 is 5.11 Å². The third kappa shape index (κ3) is 2.58. The summed E-state index contributed by atoms with van der Waals surface area (Å²) in [5.41, 5.74) is 9.07. The predicted octanol–water partition coefficient (Wildman–Crippen LogP) is 2.32. The van der Waals surface area contributed by atoms with Crippen molar-refractivity contribution in [3.05, 3.63) is 34.9 Å². The van der Waals surface area contributed by atoms with Crippen molar-refractivity contribution in [1.29, 1.82) is 0 Å². The van der Waals surface area contributed by atoms with E-state index in [1.807, 2.05) is 12.1 Å². The summed E-state index contributed by atoms with van der Waals surface area (Å²) in [7, 11) is 0. The lowest BCUT2D eigenvalue weighted by atomic mass is 9.89. The van der Waals surface area contributed by atoms with Crippen molar-refractivity contribution in [3.63, 3.8) is 0 Å². The quantitative estimate of drug-likeness (QED) is 0.796. The van der Waals surface area contributed by atoms with Gasteiger partial charge in [-0.05, 0) is 43.5 Å². The molecule has 15 heavy (non-hydrogen) atoms. The van der Waals surface area contributed by atoms with Crippen LogP contribution in [0.2, 0.25) is 0 Å². The summed E-state index contributed by atoms with van der Waals surface area (Å²) in [4.78, 5) is 0. The molecule has 0 fully saturated rings. The second kappa shape index (κ2) is 5.29. The Bertz CT molecular complexity index is 318. The van der Waals surface area contributed by atoms with Crippen LogP contribution < -0.4 is 5.73 Å². The molecule has 1 rings (SSSR count). The standard InChI is InChI=1S/C13H21NO/c1-4-11(8-14)13(15)12-7-5-6-9(2)10(12)3/h5-7,11,13,15H,4,8,14H2,1-3H3. The first kappa shape index (κ1) is 12.2. The van der Waals surface area contributed by atoms with E-state index in [2.05, 4.69) is 26.8 Å². The number of aliphatic hydroxyl groups is 1. The minimum absolute atomic E-state index is 0.158. The van der Waals surface area contributed by atoms with Crippen LogP contribution in [0.1, 0.15) is 36.1 Å². The van der Waals surface area contributed by atoms with E-state index < -0.39 is 6.10 Å². The lowest BCUT2D eigenvalue weighted by Gasteiger charge is -2.22. The lowest BCUT2D eigenvalue weighted by Crippen LogP contribution is -2.22. The molecule has 0 amide bonds. The zero-order valence-electron chi connectivity index (χ0n) is 9.83. The summed E-state index contributed by atoms with van der Waals surface area (Å²) in [6.45, 7) is 6.71. The van der Waals surface area contributed by atoms with Gasteiger partial charge in [0.25, 0.3) is 0 Å². The molecule has 2 heteroatoms. The van der Waals surface area contributed by atoms with Gasteiger partial charge >= 0.3 is 0 Å². The first-order valence-electron chi connectivity index (χ1n) is 5.56. The molecule has 0 radical (unpaired) electrons. The first-order valence-corrected chi connectivity index (χ1v) is 5.56. The SMILES string of the molecule is CCC(CN)C(O)c1cccc(C)c1C. The smallest absolute Gasteiger partial charge is 0.0832 e. The number of hydrogen-bond acceptors (Lipinski definition) is 2. The maximum Gasteiger partial charge on any atom is 0.0832 e. The van der Waals surface area contributed by atoms with E-state index in [0.717, 1.165) is 12.0 Å². The second-order valence-electron chi connectivity index (χ2n) is 4.14. The molecular formula is C13H21NO. The molecule has 1 aromatic rings. The highest BCUT2D eigenvalue weighted by molar-refractivity contribution is 5.34. The van der Waals surface area contributed by atoms with E-state index in [4.69, 9.17) is 5.73 Å². The fourth-order valence-corrected chi connectivity index (χ4v) is 1.87. The van der Waals surface area contributed by atoms with Crippen LogP contribution in [0.4, 0.5) is 0 Å². The van der Waals surface area contributed by atoms with Crippen LogP contribution in [0.25, 0.3) is 0 Å². The summed E-state index contributed by atoms with van der Waals surface area (Å²) in [6, 6.07) is 6.05. The van der Waals surface area contributed by atoms with E-state index in [0.29, 0.717) is 6.54 Å². The normalized spacial score (nSPS) is 15.0. The molecule has 0 saturated heterocycles. The fraction of sp³-hybridized carbons (Fsp3) is 0.538. The van der Waals surface area contributed by atoms with E-state index in [1.54, 1.807) is 0 Å². The zero-order chi connectivity index (χ0) is 11.4. The number of nitrogens with two attached hydrogens (primary N) is 1. The number of aryl methyl sites for hydroxylation is 1. The minimum Gasteiger partial charge on any atom is -0.388 e. The van der Waals surface area contributed by atoms with Gasteiger partial charge in [0.15, 0.2) is 0 Å². The predicted molar refractivity (Wildman–Crippen MR) is 63.7 cm³/mol. The Morgan fingerprint density at radius 3 is 2.53 bits per heavy atom. The summed E-state index contributed by atoms with van der Waals surface area (Å²) < 4.78 is 0. The van der Waals surface area contributed by atoms with Crippen molar-refractivity contribution >= 4 is 0 Å². The zero-order valence-corrected chi connectivity index (χ0v) is 9.83. The summed E-state index contributed by atoms with van der Waals surface area (Å²) >= 11 is 0. The number of rotatable bonds is 4. The molecule has 0 bridgehead atoms. The molecule has 3 N–H and O–H groups in total. The summed E-state index contributed by atoms with van der Waals surface area (Å²) in [5.74, 6) is 0.158. The van der Waals surface area contributed by atoms with Gasteiger partial charge in [-0.2, -0.15) is 0 Å². The monoisotopic (exact) mass is 207 g/mol. The van der Waals surface area contributed by atoms with E-state index in [9.17, 15) is 5.11 Å². The molecule has 0 spiro atoms.